The van der Waals surface area contributed by atoms with Crippen LogP contribution < -0.4 is 9.47 Å². The van der Waals surface area contributed by atoms with Gasteiger partial charge in [0.15, 0.2) is 11.5 Å². The third-order valence-corrected chi connectivity index (χ3v) is 5.14. The first-order valence-electron chi connectivity index (χ1n) is 9.55. The van der Waals surface area contributed by atoms with Crippen LogP contribution in [0.15, 0.2) is 65.7 Å². The third-order valence-electron chi connectivity index (χ3n) is 4.34. The van der Waals surface area contributed by atoms with Gasteiger partial charge < -0.3 is 9.47 Å². The zero-order valence-electron chi connectivity index (χ0n) is 16.5. The molecule has 0 N–H and O–H groups in total. The van der Waals surface area contributed by atoms with Crippen LogP contribution in [0.5, 0.6) is 11.5 Å². The third kappa shape index (κ3) is 6.03. The predicted octanol–water partition coefficient (Wildman–Crippen LogP) is 6.72. The van der Waals surface area contributed by atoms with E-state index in [4.69, 9.17) is 9.47 Å². The molecule has 0 saturated carbocycles. The summed E-state index contributed by atoms with van der Waals surface area (Å²) in [5.41, 5.74) is 4.03. The molecule has 0 atom stereocenters. The molecule has 3 aromatic rings. The minimum atomic E-state index is -0.258. The number of aryl methyl sites for hydroxylation is 1. The molecule has 29 heavy (non-hydrogen) atoms. The van der Waals surface area contributed by atoms with Crippen LogP contribution in [-0.2, 0) is 13.0 Å². The molecule has 0 radical (unpaired) electrons. The van der Waals surface area contributed by atoms with Crippen molar-refractivity contribution in [1.82, 2.24) is 0 Å². The summed E-state index contributed by atoms with van der Waals surface area (Å²) in [5.74, 6) is 1.09. The molecule has 0 amide bonds. The van der Waals surface area contributed by atoms with Gasteiger partial charge in [-0.05, 0) is 89.0 Å². The Labute approximate surface area is 184 Å². The Morgan fingerprint density at radius 2 is 1.62 bits per heavy atom. The zero-order valence-corrected chi connectivity index (χ0v) is 18.6. The molecule has 0 aliphatic carbocycles. The maximum Gasteiger partial charge on any atom is 0.175 e. The first-order valence-corrected chi connectivity index (χ1v) is 10.6. The fourth-order valence-corrected chi connectivity index (χ4v) is 3.55. The van der Waals surface area contributed by atoms with Crippen molar-refractivity contribution in [3.8, 4) is 11.5 Å². The molecule has 3 aromatic carbocycles. The van der Waals surface area contributed by atoms with Gasteiger partial charge in [-0.1, -0.05) is 31.2 Å². The van der Waals surface area contributed by atoms with Gasteiger partial charge in [0.05, 0.1) is 15.9 Å². The number of ether oxygens (including phenoxy) is 2. The second kappa shape index (κ2) is 10.4. The van der Waals surface area contributed by atoms with E-state index in [-0.39, 0.29) is 5.82 Å². The highest BCUT2D eigenvalue weighted by Gasteiger charge is 2.12. The quantitative estimate of drug-likeness (QED) is 0.252. The van der Waals surface area contributed by atoms with Gasteiger partial charge in [-0.15, -0.1) is 0 Å². The molecule has 5 heteroatoms. The molecule has 0 saturated heterocycles. The van der Waals surface area contributed by atoms with Gasteiger partial charge in [0, 0.05) is 6.21 Å². The summed E-state index contributed by atoms with van der Waals surface area (Å²) in [7, 11) is 0. The van der Waals surface area contributed by atoms with E-state index >= 15 is 0 Å². The van der Waals surface area contributed by atoms with Gasteiger partial charge in [-0.2, -0.15) is 0 Å². The van der Waals surface area contributed by atoms with Crippen LogP contribution in [0.25, 0.3) is 0 Å². The SMILES string of the molecule is CCOc1cc(C=Nc2ccc(CC)cc2)cc(I)c1OCc1ccc(F)cc1. The predicted molar refractivity (Wildman–Crippen MR) is 124 cm³/mol. The number of nitrogens with zero attached hydrogens (tertiary/aromatic N) is 1. The number of hydrogen-bond donors (Lipinski definition) is 0. The summed E-state index contributed by atoms with van der Waals surface area (Å²) < 4.78 is 25.8. The van der Waals surface area contributed by atoms with Crippen molar-refractivity contribution in [2.75, 3.05) is 6.61 Å². The van der Waals surface area contributed by atoms with Gasteiger partial charge in [0.25, 0.3) is 0 Å². The van der Waals surface area contributed by atoms with E-state index in [1.165, 1.54) is 17.7 Å². The summed E-state index contributed by atoms with van der Waals surface area (Å²) in [6.45, 7) is 4.94. The van der Waals surface area contributed by atoms with Crippen LogP contribution in [0.4, 0.5) is 10.1 Å². The molecular formula is C24H23FINO2. The first kappa shape index (κ1) is 21.3. The lowest BCUT2D eigenvalue weighted by Gasteiger charge is -2.14. The summed E-state index contributed by atoms with van der Waals surface area (Å²) in [5, 5.41) is 0. The summed E-state index contributed by atoms with van der Waals surface area (Å²) in [6, 6.07) is 18.4. The van der Waals surface area contributed by atoms with Crippen molar-refractivity contribution in [1.29, 1.82) is 0 Å². The molecule has 0 heterocycles. The van der Waals surface area contributed by atoms with Gasteiger partial charge in [-0.25, -0.2) is 4.39 Å². The van der Waals surface area contributed by atoms with Crippen LogP contribution in [0, 0.1) is 9.39 Å². The second-order valence-electron chi connectivity index (χ2n) is 6.46. The standard InChI is InChI=1S/C24H23FINO2/c1-3-17-7-11-21(12-8-17)27-15-19-13-22(26)24(23(14-19)28-4-2)29-16-18-5-9-20(25)10-6-18/h5-15H,3-4,16H2,1-2H3. The van der Waals surface area contributed by atoms with E-state index in [1.54, 1.807) is 12.1 Å². The van der Waals surface area contributed by atoms with E-state index in [0.29, 0.717) is 24.7 Å². The molecule has 3 nitrogen and oxygen atoms in total. The minimum Gasteiger partial charge on any atom is -0.490 e. The Hall–Kier alpha value is -2.41. The largest absolute Gasteiger partial charge is 0.490 e. The molecule has 0 fully saturated rings. The van der Waals surface area contributed by atoms with Crippen LogP contribution in [0.2, 0.25) is 0 Å². The minimum absolute atomic E-state index is 0.258. The van der Waals surface area contributed by atoms with Crippen LogP contribution in [0.3, 0.4) is 0 Å². The molecule has 0 spiro atoms. The molecule has 0 aliphatic rings. The normalized spacial score (nSPS) is 11.0. The monoisotopic (exact) mass is 503 g/mol. The fraction of sp³-hybridized carbons (Fsp3) is 0.208. The van der Waals surface area contributed by atoms with Crippen molar-refractivity contribution in [2.24, 2.45) is 4.99 Å². The van der Waals surface area contributed by atoms with Gasteiger partial charge in [0.1, 0.15) is 12.4 Å². The Kier molecular flexibility index (Phi) is 7.63. The Morgan fingerprint density at radius 1 is 0.931 bits per heavy atom. The number of benzene rings is 3. The number of rotatable bonds is 8. The summed E-state index contributed by atoms with van der Waals surface area (Å²) >= 11 is 2.24. The molecule has 0 aromatic heterocycles. The molecule has 3 rings (SSSR count). The van der Waals surface area contributed by atoms with Crippen molar-refractivity contribution < 1.29 is 13.9 Å². The number of halogens is 2. The summed E-state index contributed by atoms with van der Waals surface area (Å²) in [6.07, 6.45) is 2.84. The maximum absolute atomic E-state index is 13.1. The van der Waals surface area contributed by atoms with Gasteiger partial charge in [0.2, 0.25) is 0 Å². The molecule has 0 bridgehead atoms. The lowest BCUT2D eigenvalue weighted by atomic mass is 10.1. The zero-order chi connectivity index (χ0) is 20.6. The van der Waals surface area contributed by atoms with Crippen molar-refractivity contribution in [3.63, 3.8) is 0 Å². The molecular weight excluding hydrogens is 480 g/mol. The topological polar surface area (TPSA) is 30.8 Å². The highest BCUT2D eigenvalue weighted by molar-refractivity contribution is 14.1. The van der Waals surface area contributed by atoms with Crippen LogP contribution >= 0.6 is 22.6 Å². The number of hydrogen-bond acceptors (Lipinski definition) is 3. The average Bonchev–Trinajstić information content (AvgIpc) is 2.73. The summed E-state index contributed by atoms with van der Waals surface area (Å²) in [4.78, 5) is 4.57. The van der Waals surface area contributed by atoms with E-state index in [2.05, 4.69) is 46.6 Å². The average molecular weight is 503 g/mol. The highest BCUT2D eigenvalue weighted by atomic mass is 127. The van der Waals surface area contributed by atoms with E-state index in [0.717, 1.165) is 26.8 Å². The maximum atomic E-state index is 13.1. The molecule has 0 aliphatic heterocycles. The Balaban J connectivity index is 1.79. The smallest absolute Gasteiger partial charge is 0.175 e. The van der Waals surface area contributed by atoms with E-state index in [9.17, 15) is 4.39 Å². The Morgan fingerprint density at radius 3 is 2.28 bits per heavy atom. The highest BCUT2D eigenvalue weighted by Crippen LogP contribution is 2.34. The van der Waals surface area contributed by atoms with E-state index < -0.39 is 0 Å². The number of aliphatic imine (C=N–C) groups is 1. The van der Waals surface area contributed by atoms with Crippen molar-refractivity contribution in [2.45, 2.75) is 26.9 Å². The van der Waals surface area contributed by atoms with Gasteiger partial charge >= 0.3 is 0 Å². The Bertz CT molecular complexity index is 969. The van der Waals surface area contributed by atoms with Crippen molar-refractivity contribution >= 4 is 34.5 Å². The lowest BCUT2D eigenvalue weighted by Crippen LogP contribution is -2.02. The van der Waals surface area contributed by atoms with Crippen LogP contribution in [-0.4, -0.2) is 12.8 Å². The van der Waals surface area contributed by atoms with Crippen molar-refractivity contribution in [3.05, 3.63) is 86.7 Å². The van der Waals surface area contributed by atoms with Gasteiger partial charge in [-0.3, -0.25) is 4.99 Å². The lowest BCUT2D eigenvalue weighted by molar-refractivity contribution is 0.267. The first-order chi connectivity index (χ1) is 14.1. The van der Waals surface area contributed by atoms with Crippen LogP contribution in [0.1, 0.15) is 30.5 Å². The fourth-order valence-electron chi connectivity index (χ4n) is 2.77. The molecule has 0 unspecified atom stereocenters. The molecule has 150 valence electrons. The van der Waals surface area contributed by atoms with E-state index in [1.807, 2.05) is 37.4 Å². The second-order valence-corrected chi connectivity index (χ2v) is 7.62.